The van der Waals surface area contributed by atoms with E-state index in [9.17, 15) is 9.18 Å². The molecule has 4 rings (SSSR count). The summed E-state index contributed by atoms with van der Waals surface area (Å²) in [6.07, 6.45) is 1.65. The van der Waals surface area contributed by atoms with Crippen molar-refractivity contribution in [1.82, 2.24) is 9.88 Å². The van der Waals surface area contributed by atoms with Gasteiger partial charge in [0.2, 0.25) is 0 Å². The van der Waals surface area contributed by atoms with Gasteiger partial charge in [0.05, 0.1) is 11.7 Å². The zero-order valence-corrected chi connectivity index (χ0v) is 14.7. The standard InChI is InChI=1S/C22H17FN2O2/c1-25(22(26)20-14-15-7-2-3-11-19(15)27-20)21(18-10-4-5-12-24-18)16-8-6-9-17(23)13-16/h2-14,21H,1H3. The molecule has 0 aliphatic heterocycles. The maximum Gasteiger partial charge on any atom is 0.290 e. The molecule has 2 heterocycles. The van der Waals surface area contributed by atoms with E-state index < -0.39 is 6.04 Å². The van der Waals surface area contributed by atoms with Crippen molar-refractivity contribution >= 4 is 16.9 Å². The molecule has 0 aliphatic carbocycles. The molecule has 2 aromatic carbocycles. The molecule has 27 heavy (non-hydrogen) atoms. The number of nitrogens with zero attached hydrogens (tertiary/aromatic N) is 2. The fraction of sp³-hybridized carbons (Fsp3) is 0.0909. The number of rotatable bonds is 4. The van der Waals surface area contributed by atoms with Crippen LogP contribution in [-0.2, 0) is 0 Å². The monoisotopic (exact) mass is 360 g/mol. The maximum absolute atomic E-state index is 13.8. The Labute approximate surface area is 155 Å². The van der Waals surface area contributed by atoms with Crippen molar-refractivity contribution in [1.29, 1.82) is 0 Å². The van der Waals surface area contributed by atoms with Gasteiger partial charge in [-0.25, -0.2) is 4.39 Å². The minimum Gasteiger partial charge on any atom is -0.451 e. The third-order valence-corrected chi connectivity index (χ3v) is 4.48. The molecule has 0 saturated carbocycles. The number of carbonyl (C=O) groups is 1. The number of halogens is 1. The predicted octanol–water partition coefficient (Wildman–Crippen LogP) is 4.83. The lowest BCUT2D eigenvalue weighted by Gasteiger charge is -2.27. The molecule has 0 N–H and O–H groups in total. The molecular weight excluding hydrogens is 343 g/mol. The summed E-state index contributed by atoms with van der Waals surface area (Å²) in [4.78, 5) is 19.0. The highest BCUT2D eigenvalue weighted by atomic mass is 19.1. The maximum atomic E-state index is 13.8. The Kier molecular flexibility index (Phi) is 4.42. The second kappa shape index (κ2) is 7.03. The fourth-order valence-electron chi connectivity index (χ4n) is 3.19. The van der Waals surface area contributed by atoms with Gasteiger partial charge in [-0.1, -0.05) is 36.4 Å². The van der Waals surface area contributed by atoms with Crippen LogP contribution in [0.4, 0.5) is 4.39 Å². The van der Waals surface area contributed by atoms with Crippen molar-refractivity contribution in [3.05, 3.63) is 102 Å². The first-order valence-electron chi connectivity index (χ1n) is 8.55. The molecule has 0 radical (unpaired) electrons. The normalized spacial score (nSPS) is 12.1. The van der Waals surface area contributed by atoms with E-state index in [0.29, 0.717) is 16.8 Å². The first kappa shape index (κ1) is 17.0. The average Bonchev–Trinajstić information content (AvgIpc) is 3.12. The second-order valence-corrected chi connectivity index (χ2v) is 6.28. The van der Waals surface area contributed by atoms with Crippen LogP contribution in [0.3, 0.4) is 0 Å². The SMILES string of the molecule is CN(C(=O)c1cc2ccccc2o1)C(c1cccc(F)c1)c1ccccn1. The fourth-order valence-corrected chi connectivity index (χ4v) is 3.19. The lowest BCUT2D eigenvalue weighted by molar-refractivity contribution is 0.0722. The summed E-state index contributed by atoms with van der Waals surface area (Å²) in [6.45, 7) is 0. The average molecular weight is 360 g/mol. The van der Waals surface area contributed by atoms with Gasteiger partial charge >= 0.3 is 0 Å². The van der Waals surface area contributed by atoms with Crippen LogP contribution >= 0.6 is 0 Å². The summed E-state index contributed by atoms with van der Waals surface area (Å²) < 4.78 is 19.5. The highest BCUT2D eigenvalue weighted by Crippen LogP contribution is 2.29. The third-order valence-electron chi connectivity index (χ3n) is 4.48. The van der Waals surface area contributed by atoms with Crippen LogP contribution in [0, 0.1) is 5.82 Å². The summed E-state index contributed by atoms with van der Waals surface area (Å²) in [5, 5.41) is 0.856. The van der Waals surface area contributed by atoms with Crippen LogP contribution in [0.2, 0.25) is 0 Å². The summed E-state index contributed by atoms with van der Waals surface area (Å²) in [7, 11) is 1.67. The Bertz CT molecular complexity index is 1060. The molecule has 4 nitrogen and oxygen atoms in total. The summed E-state index contributed by atoms with van der Waals surface area (Å²) in [5.41, 5.74) is 1.94. The van der Waals surface area contributed by atoms with Gasteiger partial charge in [-0.2, -0.15) is 0 Å². The molecule has 1 atom stereocenters. The highest BCUT2D eigenvalue weighted by molar-refractivity contribution is 5.96. The molecule has 1 amide bonds. The Morgan fingerprint density at radius 1 is 1.04 bits per heavy atom. The van der Waals surface area contributed by atoms with Gasteiger partial charge in [0.25, 0.3) is 5.91 Å². The number of furan rings is 1. The van der Waals surface area contributed by atoms with Crippen LogP contribution in [0.25, 0.3) is 11.0 Å². The van der Waals surface area contributed by atoms with Crippen molar-refractivity contribution in [3.63, 3.8) is 0 Å². The first-order chi connectivity index (χ1) is 13.1. The third kappa shape index (κ3) is 3.31. The topological polar surface area (TPSA) is 46.3 Å². The Morgan fingerprint density at radius 2 is 1.85 bits per heavy atom. The Hall–Kier alpha value is -3.47. The van der Waals surface area contributed by atoms with Crippen LogP contribution in [0.1, 0.15) is 27.9 Å². The molecule has 0 saturated heterocycles. The number of fused-ring (bicyclic) bond motifs is 1. The number of benzene rings is 2. The molecule has 0 spiro atoms. The zero-order valence-electron chi connectivity index (χ0n) is 14.7. The number of para-hydroxylation sites is 1. The largest absolute Gasteiger partial charge is 0.451 e. The molecule has 0 bridgehead atoms. The first-order valence-corrected chi connectivity index (χ1v) is 8.55. The molecule has 0 aliphatic rings. The van der Waals surface area contributed by atoms with Crippen LogP contribution < -0.4 is 0 Å². The van der Waals surface area contributed by atoms with Crippen molar-refractivity contribution < 1.29 is 13.6 Å². The van der Waals surface area contributed by atoms with E-state index in [2.05, 4.69) is 4.98 Å². The minimum absolute atomic E-state index is 0.232. The summed E-state index contributed by atoms with van der Waals surface area (Å²) in [6, 6.07) is 20.3. The molecule has 4 aromatic rings. The molecule has 0 fully saturated rings. The van der Waals surface area contributed by atoms with E-state index in [1.54, 1.807) is 37.5 Å². The lowest BCUT2D eigenvalue weighted by Crippen LogP contribution is -2.32. The molecule has 134 valence electrons. The predicted molar refractivity (Wildman–Crippen MR) is 101 cm³/mol. The van der Waals surface area contributed by atoms with Crippen molar-refractivity contribution in [2.24, 2.45) is 0 Å². The van der Waals surface area contributed by atoms with Gasteiger partial charge in [0.15, 0.2) is 5.76 Å². The van der Waals surface area contributed by atoms with Gasteiger partial charge in [0, 0.05) is 18.6 Å². The van der Waals surface area contributed by atoms with E-state index >= 15 is 0 Å². The van der Waals surface area contributed by atoms with Gasteiger partial charge in [-0.15, -0.1) is 0 Å². The lowest BCUT2D eigenvalue weighted by atomic mass is 10.0. The Balaban J connectivity index is 1.75. The Morgan fingerprint density at radius 3 is 2.59 bits per heavy atom. The molecule has 5 heteroatoms. The molecular formula is C22H17FN2O2. The van der Waals surface area contributed by atoms with E-state index in [-0.39, 0.29) is 17.5 Å². The van der Waals surface area contributed by atoms with Crippen LogP contribution in [-0.4, -0.2) is 22.8 Å². The van der Waals surface area contributed by atoms with Gasteiger partial charge in [0.1, 0.15) is 11.4 Å². The van der Waals surface area contributed by atoms with E-state index in [0.717, 1.165) is 5.39 Å². The number of pyridine rings is 1. The van der Waals surface area contributed by atoms with Gasteiger partial charge in [-0.05, 0) is 42.0 Å². The van der Waals surface area contributed by atoms with E-state index in [1.165, 1.54) is 17.0 Å². The summed E-state index contributed by atoms with van der Waals surface area (Å²) in [5.74, 6) is -0.430. The molecule has 2 aromatic heterocycles. The quantitative estimate of drug-likeness (QED) is 0.524. The smallest absolute Gasteiger partial charge is 0.290 e. The van der Waals surface area contributed by atoms with Crippen molar-refractivity contribution in [2.75, 3.05) is 7.05 Å². The van der Waals surface area contributed by atoms with E-state index in [4.69, 9.17) is 4.42 Å². The highest BCUT2D eigenvalue weighted by Gasteiger charge is 2.27. The van der Waals surface area contributed by atoms with Crippen molar-refractivity contribution in [2.45, 2.75) is 6.04 Å². The van der Waals surface area contributed by atoms with Gasteiger partial charge < -0.3 is 9.32 Å². The second-order valence-electron chi connectivity index (χ2n) is 6.28. The number of hydrogen-bond acceptors (Lipinski definition) is 3. The zero-order chi connectivity index (χ0) is 18.8. The summed E-state index contributed by atoms with van der Waals surface area (Å²) >= 11 is 0. The van der Waals surface area contributed by atoms with Crippen LogP contribution in [0.15, 0.2) is 83.4 Å². The molecule has 1 unspecified atom stereocenters. The number of hydrogen-bond donors (Lipinski definition) is 0. The van der Waals surface area contributed by atoms with Gasteiger partial charge in [-0.3, -0.25) is 9.78 Å². The van der Waals surface area contributed by atoms with Crippen LogP contribution in [0.5, 0.6) is 0 Å². The number of amides is 1. The minimum atomic E-state index is -0.539. The number of carbonyl (C=O) groups excluding carboxylic acids is 1. The van der Waals surface area contributed by atoms with E-state index in [1.807, 2.05) is 36.4 Å². The van der Waals surface area contributed by atoms with Crippen molar-refractivity contribution in [3.8, 4) is 0 Å². The number of aromatic nitrogens is 1.